The van der Waals surface area contributed by atoms with Crippen molar-refractivity contribution < 1.29 is 4.79 Å². The molecule has 150 valence electrons. The van der Waals surface area contributed by atoms with Crippen LogP contribution in [0.3, 0.4) is 0 Å². The van der Waals surface area contributed by atoms with Gasteiger partial charge in [0.15, 0.2) is 0 Å². The first kappa shape index (κ1) is 19.3. The fraction of sp³-hybridized carbons (Fsp3) is 0.348. The minimum atomic E-state index is -0.224. The van der Waals surface area contributed by atoms with Crippen LogP contribution in [0.25, 0.3) is 10.9 Å². The summed E-state index contributed by atoms with van der Waals surface area (Å²) in [5, 5.41) is 3.47. The molecule has 1 aromatic heterocycles. The number of anilines is 1. The Morgan fingerprint density at radius 1 is 1.03 bits per heavy atom. The summed E-state index contributed by atoms with van der Waals surface area (Å²) in [6, 6.07) is 15.0. The second-order valence-electron chi connectivity index (χ2n) is 7.64. The van der Waals surface area contributed by atoms with Crippen LogP contribution in [-0.2, 0) is 17.9 Å². The van der Waals surface area contributed by atoms with Crippen LogP contribution in [0, 0.1) is 6.92 Å². The van der Waals surface area contributed by atoms with Gasteiger partial charge < -0.3 is 5.32 Å². The molecule has 1 fully saturated rings. The molecule has 0 saturated carbocycles. The molecule has 1 N–H and O–H groups in total. The second-order valence-corrected chi connectivity index (χ2v) is 7.64. The fourth-order valence-corrected chi connectivity index (χ4v) is 3.86. The summed E-state index contributed by atoms with van der Waals surface area (Å²) in [5.74, 6) is 0.425. The van der Waals surface area contributed by atoms with Crippen molar-refractivity contribution in [1.29, 1.82) is 0 Å². The number of benzene rings is 2. The Morgan fingerprint density at radius 3 is 2.55 bits per heavy atom. The molecule has 1 aliphatic rings. The van der Waals surface area contributed by atoms with Crippen molar-refractivity contribution in [1.82, 2.24) is 14.5 Å². The minimum absolute atomic E-state index is 0.0474. The molecule has 0 spiro atoms. The number of likely N-dealkylation sites (tertiary alicyclic amines) is 1. The molecule has 3 aromatic rings. The Labute approximate surface area is 170 Å². The normalized spacial score (nSPS) is 14.8. The van der Waals surface area contributed by atoms with E-state index in [1.165, 1.54) is 11.0 Å². The Kier molecular flexibility index (Phi) is 5.71. The highest BCUT2D eigenvalue weighted by Crippen LogP contribution is 2.15. The lowest BCUT2D eigenvalue weighted by molar-refractivity contribution is -0.116. The Balaban J connectivity index is 1.66. The third kappa shape index (κ3) is 4.38. The van der Waals surface area contributed by atoms with Crippen LogP contribution in [0.5, 0.6) is 0 Å². The van der Waals surface area contributed by atoms with Gasteiger partial charge in [0, 0.05) is 5.69 Å². The van der Waals surface area contributed by atoms with Crippen LogP contribution < -0.4 is 10.9 Å². The van der Waals surface area contributed by atoms with E-state index in [0.29, 0.717) is 23.3 Å². The molecule has 1 saturated heterocycles. The number of fused-ring (bicyclic) bond motifs is 1. The predicted molar refractivity (Wildman–Crippen MR) is 115 cm³/mol. The van der Waals surface area contributed by atoms with E-state index < -0.39 is 0 Å². The zero-order valence-electron chi connectivity index (χ0n) is 16.7. The van der Waals surface area contributed by atoms with E-state index in [9.17, 15) is 9.59 Å². The van der Waals surface area contributed by atoms with Crippen molar-refractivity contribution >= 4 is 22.5 Å². The van der Waals surface area contributed by atoms with E-state index in [0.717, 1.165) is 37.2 Å². The molecule has 0 bridgehead atoms. The predicted octanol–water partition coefficient (Wildman–Crippen LogP) is 3.33. The van der Waals surface area contributed by atoms with Crippen LogP contribution >= 0.6 is 0 Å². The summed E-state index contributed by atoms with van der Waals surface area (Å²) < 4.78 is 1.53. The first-order chi connectivity index (χ1) is 14.1. The molecule has 6 heteroatoms. The van der Waals surface area contributed by atoms with Gasteiger partial charge in [0.25, 0.3) is 5.56 Å². The van der Waals surface area contributed by atoms with Gasteiger partial charge in [-0.25, -0.2) is 4.98 Å². The molecular weight excluding hydrogens is 364 g/mol. The minimum Gasteiger partial charge on any atom is -0.324 e. The number of aryl methyl sites for hydroxylation is 1. The number of para-hydroxylation sites is 2. The third-order valence-corrected chi connectivity index (χ3v) is 5.48. The van der Waals surface area contributed by atoms with Crippen LogP contribution in [0.15, 0.2) is 53.3 Å². The van der Waals surface area contributed by atoms with Crippen molar-refractivity contribution in [3.8, 4) is 0 Å². The maximum absolute atomic E-state index is 13.2. The number of carbonyl (C=O) groups excluding carboxylic acids is 1. The summed E-state index contributed by atoms with van der Waals surface area (Å²) in [4.78, 5) is 33.0. The van der Waals surface area contributed by atoms with E-state index in [-0.39, 0.29) is 18.0 Å². The molecule has 0 aliphatic carbocycles. The number of nitrogens with one attached hydrogen (secondary N) is 1. The van der Waals surface area contributed by atoms with Gasteiger partial charge in [-0.2, -0.15) is 0 Å². The molecule has 0 unspecified atom stereocenters. The number of carbonyl (C=O) groups is 1. The maximum atomic E-state index is 13.2. The standard InChI is InChI=1S/C23H26N4O2/c1-17-9-3-5-11-19(17)25-22(28)16-27-21(15-26-13-7-2-8-14-26)24-20-12-6-4-10-18(20)23(27)29/h3-6,9-12H,2,7-8,13-16H2,1H3,(H,25,28). The molecular formula is C23H26N4O2. The zero-order valence-corrected chi connectivity index (χ0v) is 16.7. The van der Waals surface area contributed by atoms with Gasteiger partial charge in [-0.15, -0.1) is 0 Å². The first-order valence-corrected chi connectivity index (χ1v) is 10.2. The molecule has 1 amide bonds. The van der Waals surface area contributed by atoms with E-state index in [4.69, 9.17) is 4.98 Å². The molecule has 1 aliphatic heterocycles. The SMILES string of the molecule is Cc1ccccc1NC(=O)Cn1c(CN2CCCCC2)nc2ccccc2c1=O. The summed E-state index contributed by atoms with van der Waals surface area (Å²) in [6.07, 6.45) is 3.56. The van der Waals surface area contributed by atoms with Crippen molar-refractivity contribution in [2.24, 2.45) is 0 Å². The molecule has 2 heterocycles. The molecule has 29 heavy (non-hydrogen) atoms. The quantitative estimate of drug-likeness (QED) is 0.726. The smallest absolute Gasteiger partial charge is 0.261 e. The number of piperidine rings is 1. The average Bonchev–Trinajstić information content (AvgIpc) is 2.73. The third-order valence-electron chi connectivity index (χ3n) is 5.48. The lowest BCUT2D eigenvalue weighted by Gasteiger charge is -2.27. The van der Waals surface area contributed by atoms with E-state index >= 15 is 0 Å². The monoisotopic (exact) mass is 390 g/mol. The van der Waals surface area contributed by atoms with Crippen LogP contribution in [0.4, 0.5) is 5.69 Å². The Hall–Kier alpha value is -2.99. The van der Waals surface area contributed by atoms with Crippen molar-refractivity contribution in [3.05, 3.63) is 70.3 Å². The number of rotatable bonds is 5. The summed E-state index contributed by atoms with van der Waals surface area (Å²) in [6.45, 7) is 4.48. The molecule has 6 nitrogen and oxygen atoms in total. The largest absolute Gasteiger partial charge is 0.324 e. The second kappa shape index (κ2) is 8.57. The molecule has 0 atom stereocenters. The van der Waals surface area contributed by atoms with Crippen molar-refractivity contribution in [2.75, 3.05) is 18.4 Å². The van der Waals surface area contributed by atoms with Gasteiger partial charge in [-0.1, -0.05) is 36.8 Å². The van der Waals surface area contributed by atoms with E-state index in [1.807, 2.05) is 49.4 Å². The lowest BCUT2D eigenvalue weighted by atomic mass is 10.1. The number of amides is 1. The Morgan fingerprint density at radius 2 is 1.76 bits per heavy atom. The fourth-order valence-electron chi connectivity index (χ4n) is 3.86. The van der Waals surface area contributed by atoms with Gasteiger partial charge in [-0.05, 0) is 56.6 Å². The van der Waals surface area contributed by atoms with Gasteiger partial charge in [0.05, 0.1) is 17.4 Å². The van der Waals surface area contributed by atoms with Gasteiger partial charge in [0.1, 0.15) is 12.4 Å². The Bertz CT molecular complexity index is 1080. The molecule has 0 radical (unpaired) electrons. The number of aromatic nitrogens is 2. The van der Waals surface area contributed by atoms with Gasteiger partial charge >= 0.3 is 0 Å². The first-order valence-electron chi connectivity index (χ1n) is 10.2. The lowest BCUT2D eigenvalue weighted by Crippen LogP contribution is -2.36. The highest BCUT2D eigenvalue weighted by molar-refractivity contribution is 5.91. The number of hydrogen-bond acceptors (Lipinski definition) is 4. The van der Waals surface area contributed by atoms with E-state index in [1.54, 1.807) is 6.07 Å². The van der Waals surface area contributed by atoms with Crippen molar-refractivity contribution in [2.45, 2.75) is 39.3 Å². The topological polar surface area (TPSA) is 67.2 Å². The highest BCUT2D eigenvalue weighted by Gasteiger charge is 2.18. The number of nitrogens with zero attached hydrogens (tertiary/aromatic N) is 3. The van der Waals surface area contributed by atoms with Crippen LogP contribution in [-0.4, -0.2) is 33.4 Å². The number of hydrogen-bond donors (Lipinski definition) is 1. The summed E-state index contributed by atoms with van der Waals surface area (Å²) in [5.41, 5.74) is 2.26. The molecule has 4 rings (SSSR count). The van der Waals surface area contributed by atoms with Crippen LogP contribution in [0.1, 0.15) is 30.7 Å². The van der Waals surface area contributed by atoms with Gasteiger partial charge in [-0.3, -0.25) is 19.1 Å². The summed E-state index contributed by atoms with van der Waals surface area (Å²) >= 11 is 0. The maximum Gasteiger partial charge on any atom is 0.261 e. The van der Waals surface area contributed by atoms with Crippen LogP contribution in [0.2, 0.25) is 0 Å². The zero-order chi connectivity index (χ0) is 20.2. The van der Waals surface area contributed by atoms with E-state index in [2.05, 4.69) is 10.2 Å². The van der Waals surface area contributed by atoms with Gasteiger partial charge in [0.2, 0.25) is 5.91 Å². The average molecular weight is 390 g/mol. The van der Waals surface area contributed by atoms with Crippen molar-refractivity contribution in [3.63, 3.8) is 0 Å². The highest BCUT2D eigenvalue weighted by atomic mass is 16.2. The molecule has 2 aromatic carbocycles. The summed E-state index contributed by atoms with van der Waals surface area (Å²) in [7, 11) is 0.